The molecule has 21 heavy (non-hydrogen) atoms. The first-order valence-corrected chi connectivity index (χ1v) is 7.52. The fourth-order valence-electron chi connectivity index (χ4n) is 1.80. The SMILES string of the molecule is Cc1ccc(S(=O)(=O)Nc2cccc(F)c2C(=N)N)cc1. The lowest BCUT2D eigenvalue weighted by Crippen LogP contribution is -2.20. The number of nitrogens with two attached hydrogens (primary N) is 1. The fraction of sp³-hybridized carbons (Fsp3) is 0.0714. The van der Waals surface area contributed by atoms with Crippen molar-refractivity contribution < 1.29 is 12.8 Å². The Hall–Kier alpha value is -2.41. The van der Waals surface area contributed by atoms with Crippen molar-refractivity contribution in [2.24, 2.45) is 5.73 Å². The van der Waals surface area contributed by atoms with E-state index in [1.807, 2.05) is 6.92 Å². The number of rotatable bonds is 4. The van der Waals surface area contributed by atoms with Gasteiger partial charge in [0.15, 0.2) is 0 Å². The van der Waals surface area contributed by atoms with E-state index < -0.39 is 21.7 Å². The van der Waals surface area contributed by atoms with Gasteiger partial charge in [-0.1, -0.05) is 23.8 Å². The molecule has 0 aliphatic carbocycles. The maximum Gasteiger partial charge on any atom is 0.261 e. The van der Waals surface area contributed by atoms with E-state index in [2.05, 4.69) is 4.72 Å². The lowest BCUT2D eigenvalue weighted by Gasteiger charge is -2.12. The van der Waals surface area contributed by atoms with E-state index in [4.69, 9.17) is 11.1 Å². The Bertz CT molecular complexity index is 786. The van der Waals surface area contributed by atoms with E-state index in [-0.39, 0.29) is 16.1 Å². The van der Waals surface area contributed by atoms with Crippen molar-refractivity contribution in [2.75, 3.05) is 4.72 Å². The summed E-state index contributed by atoms with van der Waals surface area (Å²) in [5.74, 6) is -1.30. The molecule has 0 atom stereocenters. The number of anilines is 1. The predicted octanol–water partition coefficient (Wildman–Crippen LogP) is 2.22. The third-order valence-corrected chi connectivity index (χ3v) is 4.24. The molecule has 0 unspecified atom stereocenters. The Kier molecular flexibility index (Phi) is 3.95. The normalized spacial score (nSPS) is 11.1. The molecule has 7 heteroatoms. The number of nitrogens with one attached hydrogen (secondary N) is 2. The maximum absolute atomic E-state index is 13.7. The standard InChI is InChI=1S/C14H14FN3O2S/c1-9-5-7-10(8-6-9)21(19,20)18-12-4-2-3-11(15)13(12)14(16)17/h2-8,18H,1H3,(H3,16,17). The molecule has 0 spiro atoms. The number of hydrogen-bond donors (Lipinski definition) is 3. The average molecular weight is 307 g/mol. The van der Waals surface area contributed by atoms with Crippen LogP contribution in [0.15, 0.2) is 47.4 Å². The third-order valence-electron chi connectivity index (χ3n) is 2.86. The molecule has 2 aromatic carbocycles. The van der Waals surface area contributed by atoms with Gasteiger partial charge in [-0.2, -0.15) is 0 Å². The Morgan fingerprint density at radius 3 is 2.38 bits per heavy atom. The Morgan fingerprint density at radius 2 is 1.81 bits per heavy atom. The van der Waals surface area contributed by atoms with Gasteiger partial charge in [-0.25, -0.2) is 12.8 Å². The van der Waals surface area contributed by atoms with Gasteiger partial charge in [0.1, 0.15) is 11.7 Å². The highest BCUT2D eigenvalue weighted by Crippen LogP contribution is 2.22. The lowest BCUT2D eigenvalue weighted by atomic mass is 10.1. The van der Waals surface area contributed by atoms with Gasteiger partial charge >= 0.3 is 0 Å². The van der Waals surface area contributed by atoms with Gasteiger partial charge in [-0.3, -0.25) is 10.1 Å². The van der Waals surface area contributed by atoms with Crippen LogP contribution in [0, 0.1) is 18.2 Å². The molecule has 110 valence electrons. The quantitative estimate of drug-likeness (QED) is 0.597. The van der Waals surface area contributed by atoms with Crippen molar-refractivity contribution in [1.29, 1.82) is 5.41 Å². The van der Waals surface area contributed by atoms with Gasteiger partial charge in [0.25, 0.3) is 10.0 Å². The predicted molar refractivity (Wildman–Crippen MR) is 79.4 cm³/mol. The summed E-state index contributed by atoms with van der Waals surface area (Å²) in [5, 5.41) is 7.36. The number of halogens is 1. The largest absolute Gasteiger partial charge is 0.384 e. The number of sulfonamides is 1. The second-order valence-electron chi connectivity index (χ2n) is 4.49. The van der Waals surface area contributed by atoms with Crippen LogP contribution < -0.4 is 10.5 Å². The molecule has 5 nitrogen and oxygen atoms in total. The molecule has 0 radical (unpaired) electrons. The first-order valence-electron chi connectivity index (χ1n) is 6.03. The molecule has 0 aromatic heterocycles. The first kappa shape index (κ1) is 15.0. The Balaban J connectivity index is 2.44. The summed E-state index contributed by atoms with van der Waals surface area (Å²) in [4.78, 5) is 0.0480. The summed E-state index contributed by atoms with van der Waals surface area (Å²) in [6.07, 6.45) is 0. The molecule has 0 saturated heterocycles. The van der Waals surface area contributed by atoms with Crippen molar-refractivity contribution in [3.05, 3.63) is 59.4 Å². The zero-order valence-corrected chi connectivity index (χ0v) is 12.0. The van der Waals surface area contributed by atoms with E-state index in [1.54, 1.807) is 12.1 Å². The maximum atomic E-state index is 13.7. The zero-order chi connectivity index (χ0) is 15.6. The van der Waals surface area contributed by atoms with Crippen LogP contribution in [-0.4, -0.2) is 14.3 Å². The monoisotopic (exact) mass is 307 g/mol. The van der Waals surface area contributed by atoms with Crippen LogP contribution in [0.5, 0.6) is 0 Å². The summed E-state index contributed by atoms with van der Waals surface area (Å²) in [6.45, 7) is 1.84. The summed E-state index contributed by atoms with van der Waals surface area (Å²) >= 11 is 0. The summed E-state index contributed by atoms with van der Waals surface area (Å²) < 4.78 is 40.4. The van der Waals surface area contributed by atoms with Gasteiger partial charge in [0.05, 0.1) is 16.1 Å². The smallest absolute Gasteiger partial charge is 0.261 e. The molecule has 0 saturated carbocycles. The van der Waals surface area contributed by atoms with Crippen LogP contribution in [-0.2, 0) is 10.0 Å². The highest BCUT2D eigenvalue weighted by atomic mass is 32.2. The van der Waals surface area contributed by atoms with Gasteiger partial charge in [0.2, 0.25) is 0 Å². The topological polar surface area (TPSA) is 96.0 Å². The Labute approximate surface area is 122 Å². The first-order chi connectivity index (χ1) is 9.81. The van der Waals surface area contributed by atoms with Crippen molar-refractivity contribution in [3.63, 3.8) is 0 Å². The van der Waals surface area contributed by atoms with Gasteiger partial charge in [0, 0.05) is 0 Å². The van der Waals surface area contributed by atoms with E-state index in [9.17, 15) is 12.8 Å². The molecule has 4 N–H and O–H groups in total. The molecular formula is C14H14FN3O2S. The number of nitrogen functional groups attached to an aromatic ring is 1. The fourth-order valence-corrected chi connectivity index (χ4v) is 2.88. The second-order valence-corrected chi connectivity index (χ2v) is 6.18. The number of benzene rings is 2. The van der Waals surface area contributed by atoms with Crippen LogP contribution in [0.4, 0.5) is 10.1 Å². The number of aryl methyl sites for hydroxylation is 1. The third kappa shape index (κ3) is 3.19. The van der Waals surface area contributed by atoms with Crippen LogP contribution in [0.2, 0.25) is 0 Å². The van der Waals surface area contributed by atoms with Crippen molar-refractivity contribution in [2.45, 2.75) is 11.8 Å². The van der Waals surface area contributed by atoms with Gasteiger partial charge in [-0.05, 0) is 31.2 Å². The Morgan fingerprint density at radius 1 is 1.19 bits per heavy atom. The molecule has 2 rings (SSSR count). The molecule has 0 bridgehead atoms. The average Bonchev–Trinajstić information content (AvgIpc) is 2.38. The van der Waals surface area contributed by atoms with E-state index in [0.717, 1.165) is 11.6 Å². The highest BCUT2D eigenvalue weighted by molar-refractivity contribution is 7.92. The van der Waals surface area contributed by atoms with Crippen LogP contribution in [0.1, 0.15) is 11.1 Å². The minimum Gasteiger partial charge on any atom is -0.384 e. The lowest BCUT2D eigenvalue weighted by molar-refractivity contribution is 0.601. The van der Waals surface area contributed by atoms with Gasteiger partial charge < -0.3 is 5.73 Å². The minimum absolute atomic E-state index is 0.0480. The van der Waals surface area contributed by atoms with Crippen LogP contribution in [0.25, 0.3) is 0 Å². The number of amidine groups is 1. The summed E-state index contributed by atoms with van der Waals surface area (Å²) in [6, 6.07) is 10.0. The molecule has 0 heterocycles. The van der Waals surface area contributed by atoms with E-state index >= 15 is 0 Å². The molecular weight excluding hydrogens is 293 g/mol. The van der Waals surface area contributed by atoms with Crippen LogP contribution in [0.3, 0.4) is 0 Å². The number of hydrogen-bond acceptors (Lipinski definition) is 3. The molecule has 0 aliphatic rings. The highest BCUT2D eigenvalue weighted by Gasteiger charge is 2.18. The summed E-state index contributed by atoms with van der Waals surface area (Å²) in [5.41, 5.74) is 5.88. The molecule has 0 amide bonds. The van der Waals surface area contributed by atoms with E-state index in [1.165, 1.54) is 24.3 Å². The molecule has 2 aromatic rings. The second kappa shape index (κ2) is 5.53. The summed E-state index contributed by atoms with van der Waals surface area (Å²) in [7, 11) is -3.87. The molecule has 0 aliphatic heterocycles. The van der Waals surface area contributed by atoms with E-state index in [0.29, 0.717) is 0 Å². The van der Waals surface area contributed by atoms with Crippen molar-refractivity contribution in [3.8, 4) is 0 Å². The zero-order valence-electron chi connectivity index (χ0n) is 11.2. The van der Waals surface area contributed by atoms with Crippen LogP contribution >= 0.6 is 0 Å². The minimum atomic E-state index is -3.87. The molecule has 0 fully saturated rings. The van der Waals surface area contributed by atoms with Gasteiger partial charge in [-0.15, -0.1) is 0 Å². The van der Waals surface area contributed by atoms with Crippen molar-refractivity contribution in [1.82, 2.24) is 0 Å². The van der Waals surface area contributed by atoms with Crippen molar-refractivity contribution >= 4 is 21.5 Å².